The molecule has 0 radical (unpaired) electrons. The molecule has 2 aliphatic heterocycles. The first-order valence-corrected chi connectivity index (χ1v) is 15.3. The summed E-state index contributed by atoms with van der Waals surface area (Å²) < 4.78 is 44.5. The molecular weight excluding hydrogens is 587 g/mol. The molecule has 0 bridgehead atoms. The Morgan fingerprint density at radius 3 is 2.60 bits per heavy atom. The largest absolute Gasteiger partial charge is 0.501 e. The zero-order valence-electron chi connectivity index (χ0n) is 22.8. The van der Waals surface area contributed by atoms with Crippen molar-refractivity contribution in [1.29, 1.82) is 0 Å². The first kappa shape index (κ1) is 28.1. The predicted molar refractivity (Wildman–Crippen MR) is 152 cm³/mol. The van der Waals surface area contributed by atoms with Crippen molar-refractivity contribution in [3.63, 3.8) is 0 Å². The average molecular weight is 615 g/mol. The molecule has 2 saturated heterocycles. The van der Waals surface area contributed by atoms with Crippen LogP contribution in [0.2, 0.25) is 0 Å². The minimum absolute atomic E-state index is 0.0619. The van der Waals surface area contributed by atoms with Crippen molar-refractivity contribution in [2.45, 2.75) is 13.0 Å². The van der Waals surface area contributed by atoms with Gasteiger partial charge in [-0.1, -0.05) is 6.07 Å². The fraction of sp³-hybridized carbons (Fsp3) is 0.385. The summed E-state index contributed by atoms with van der Waals surface area (Å²) in [5.74, 6) is -1.26. The maximum Gasteiger partial charge on any atom is 0.309 e. The van der Waals surface area contributed by atoms with Crippen LogP contribution < -0.4 is 9.86 Å². The number of amides is 1. The number of carbonyl (C=O) groups is 1. The molecule has 0 unspecified atom stereocenters. The number of rotatable bonds is 6. The van der Waals surface area contributed by atoms with Gasteiger partial charge in [-0.2, -0.15) is 17.1 Å². The lowest BCUT2D eigenvalue weighted by Gasteiger charge is -2.32. The lowest BCUT2D eigenvalue weighted by Crippen LogP contribution is -2.48. The molecule has 1 amide bonds. The number of aromatic hydroxyl groups is 1. The Kier molecular flexibility index (Phi) is 7.13. The maximum absolute atomic E-state index is 14.2. The first-order valence-electron chi connectivity index (χ1n) is 13.1. The molecule has 42 heavy (non-hydrogen) atoms. The first-order chi connectivity index (χ1) is 20.0. The van der Waals surface area contributed by atoms with Crippen LogP contribution in [0.5, 0.6) is 5.75 Å². The second kappa shape index (κ2) is 10.7. The van der Waals surface area contributed by atoms with Crippen molar-refractivity contribution in [2.24, 2.45) is 0 Å². The van der Waals surface area contributed by atoms with E-state index >= 15 is 0 Å². The Bertz CT molecular complexity index is 1840. The molecule has 6 rings (SSSR count). The van der Waals surface area contributed by atoms with Gasteiger partial charge < -0.3 is 14.9 Å². The van der Waals surface area contributed by atoms with E-state index < -0.39 is 27.3 Å². The van der Waals surface area contributed by atoms with Gasteiger partial charge in [-0.05, 0) is 24.7 Å². The summed E-state index contributed by atoms with van der Waals surface area (Å²) in [5.41, 5.74) is -0.0337. The maximum atomic E-state index is 14.2. The fourth-order valence-electron chi connectivity index (χ4n) is 4.97. The zero-order valence-corrected chi connectivity index (χ0v) is 24.5. The lowest BCUT2D eigenvalue weighted by molar-refractivity contribution is -0.133. The van der Waals surface area contributed by atoms with Crippen molar-refractivity contribution in [2.75, 3.05) is 57.7 Å². The van der Waals surface area contributed by atoms with Crippen LogP contribution in [0.1, 0.15) is 10.4 Å². The fourth-order valence-corrected chi connectivity index (χ4v) is 7.28. The topological polar surface area (TPSA) is 137 Å². The summed E-state index contributed by atoms with van der Waals surface area (Å²) in [6, 6.07) is 3.99. The SMILES string of the molecule is CN1CCN(C(=O)Cn2c#cn3c(=O)c(O)c(-c4ncc(Cc5ccc(F)cc5N5CCN(C)S5(=O)=O)s4)nc23)CC1. The highest BCUT2D eigenvalue weighted by Gasteiger charge is 2.35. The van der Waals surface area contributed by atoms with Gasteiger partial charge in [0, 0.05) is 76.2 Å². The standard InChI is InChI=1S/C26H27FN8O5S2/c1-30-5-8-32(9-6-30)21(36)16-33-10-11-34-25(38)23(37)22(29-26(33)34)24-28-15-19(41-24)13-17-3-4-18(27)14-20(17)35-12-7-31(2)42(35,39)40/h3-4,14-15,37H,5-9,12-13,16H2,1-2H3. The van der Waals surface area contributed by atoms with E-state index in [0.717, 1.165) is 28.8 Å². The third-order valence-electron chi connectivity index (χ3n) is 7.46. The van der Waals surface area contributed by atoms with Gasteiger partial charge in [-0.15, -0.1) is 11.3 Å². The predicted octanol–water partition coefficient (Wildman–Crippen LogP) is 0.426. The number of fused-ring (bicyclic) bond motifs is 1. The lowest BCUT2D eigenvalue weighted by atomic mass is 10.1. The van der Waals surface area contributed by atoms with E-state index in [4.69, 9.17) is 0 Å². The molecule has 1 N–H and O–H groups in total. The van der Waals surface area contributed by atoms with E-state index in [1.54, 1.807) is 4.90 Å². The smallest absolute Gasteiger partial charge is 0.309 e. The van der Waals surface area contributed by atoms with Crippen molar-refractivity contribution < 1.29 is 22.7 Å². The summed E-state index contributed by atoms with van der Waals surface area (Å²) in [4.78, 5) is 39.2. The van der Waals surface area contributed by atoms with Gasteiger partial charge in [0.1, 0.15) is 17.4 Å². The average Bonchev–Trinajstić information content (AvgIpc) is 3.65. The molecule has 0 spiro atoms. The zero-order chi connectivity index (χ0) is 29.8. The molecule has 220 valence electrons. The number of benzene rings is 1. The summed E-state index contributed by atoms with van der Waals surface area (Å²) >= 11 is 1.15. The van der Waals surface area contributed by atoms with Crippen LogP contribution in [0.25, 0.3) is 16.5 Å². The van der Waals surface area contributed by atoms with Crippen LogP contribution in [0.4, 0.5) is 10.1 Å². The normalized spacial score (nSPS) is 17.7. The highest BCUT2D eigenvalue weighted by atomic mass is 32.2. The number of carbonyl (C=O) groups excluding carboxylic acids is 1. The molecule has 16 heteroatoms. The number of piperazine rings is 1. The monoisotopic (exact) mass is 614 g/mol. The van der Waals surface area contributed by atoms with Gasteiger partial charge in [0.2, 0.25) is 17.4 Å². The third-order valence-corrected chi connectivity index (χ3v) is 10.4. The number of hydrogen-bond donors (Lipinski definition) is 1. The van der Waals surface area contributed by atoms with Crippen LogP contribution in [-0.4, -0.2) is 106 Å². The number of hydrogen-bond acceptors (Lipinski definition) is 9. The molecule has 1 aromatic carbocycles. The third kappa shape index (κ3) is 4.98. The Hall–Kier alpha value is -4.04. The van der Waals surface area contributed by atoms with Crippen LogP contribution in [0.15, 0.2) is 29.2 Å². The molecule has 0 atom stereocenters. The molecule has 2 aliphatic rings. The van der Waals surface area contributed by atoms with Gasteiger partial charge in [-0.3, -0.25) is 18.5 Å². The number of anilines is 1. The number of nitrogens with zero attached hydrogens (tertiary/aromatic N) is 8. The Morgan fingerprint density at radius 2 is 1.88 bits per heavy atom. The van der Waals surface area contributed by atoms with Crippen molar-refractivity contribution in [3.8, 4) is 16.5 Å². The van der Waals surface area contributed by atoms with E-state index in [-0.39, 0.29) is 54.1 Å². The quantitative estimate of drug-likeness (QED) is 0.330. The van der Waals surface area contributed by atoms with Crippen molar-refractivity contribution in [3.05, 3.63) is 63.4 Å². The Balaban J connectivity index is 1.29. The molecule has 5 heterocycles. The number of aromatic nitrogens is 4. The number of halogens is 1. The van der Waals surface area contributed by atoms with Crippen LogP contribution >= 0.6 is 11.3 Å². The van der Waals surface area contributed by atoms with Crippen molar-refractivity contribution in [1.82, 2.24) is 33.0 Å². The minimum atomic E-state index is -3.77. The number of thiazole rings is 1. The Labute approximate surface area is 244 Å². The van der Waals surface area contributed by atoms with Gasteiger partial charge in [0.05, 0.1) is 5.69 Å². The summed E-state index contributed by atoms with van der Waals surface area (Å²) in [5, 5.41) is 10.9. The Morgan fingerprint density at radius 1 is 1.12 bits per heavy atom. The van der Waals surface area contributed by atoms with Gasteiger partial charge in [0.25, 0.3) is 0 Å². The molecule has 13 nitrogen and oxygen atoms in total. The van der Waals surface area contributed by atoms with E-state index in [0.29, 0.717) is 23.5 Å². The second-order valence-electron chi connectivity index (χ2n) is 10.2. The molecule has 0 aliphatic carbocycles. The van der Waals surface area contributed by atoms with Gasteiger partial charge >= 0.3 is 15.8 Å². The van der Waals surface area contributed by atoms with E-state index in [1.165, 1.54) is 44.6 Å². The van der Waals surface area contributed by atoms with Crippen LogP contribution in [-0.2, 0) is 28.0 Å². The molecule has 0 saturated carbocycles. The summed E-state index contributed by atoms with van der Waals surface area (Å²) in [6.45, 7) is 3.09. The minimum Gasteiger partial charge on any atom is -0.501 e. The summed E-state index contributed by atoms with van der Waals surface area (Å²) in [7, 11) is -0.303. The van der Waals surface area contributed by atoms with E-state index in [9.17, 15) is 27.5 Å². The van der Waals surface area contributed by atoms with Crippen molar-refractivity contribution >= 4 is 38.9 Å². The highest BCUT2D eigenvalue weighted by Crippen LogP contribution is 2.34. The van der Waals surface area contributed by atoms with Gasteiger partial charge in [-0.25, -0.2) is 14.4 Å². The molecule has 4 aromatic rings. The summed E-state index contributed by atoms with van der Waals surface area (Å²) in [6.07, 6.45) is 7.12. The van der Waals surface area contributed by atoms with Crippen LogP contribution in [0.3, 0.4) is 0 Å². The molecule has 3 aromatic heterocycles. The highest BCUT2D eigenvalue weighted by molar-refractivity contribution is 7.90. The number of likely N-dealkylation sites (N-methyl/N-ethyl adjacent to an activating group) is 2. The van der Waals surface area contributed by atoms with E-state index in [1.807, 2.05) is 7.05 Å². The van der Waals surface area contributed by atoms with Gasteiger partial charge in [0.15, 0.2) is 5.69 Å². The van der Waals surface area contributed by atoms with E-state index in [2.05, 4.69) is 27.3 Å². The van der Waals surface area contributed by atoms with Crippen LogP contribution in [0, 0.1) is 18.2 Å². The second-order valence-corrected chi connectivity index (χ2v) is 13.3. The molecule has 2 fully saturated rings. The molecular formula is C26H27FN8O5S2.